The summed E-state index contributed by atoms with van der Waals surface area (Å²) in [5.74, 6) is 1.24. The number of amides is 1. The number of hydrogen-bond acceptors (Lipinski definition) is 6. The molecule has 0 radical (unpaired) electrons. The van der Waals surface area contributed by atoms with Crippen molar-refractivity contribution in [2.45, 2.75) is 13.5 Å². The van der Waals surface area contributed by atoms with E-state index >= 15 is 0 Å². The number of benzene rings is 3. The van der Waals surface area contributed by atoms with E-state index < -0.39 is 5.76 Å². The molecule has 1 heterocycles. The quantitative estimate of drug-likeness (QED) is 0.401. The molecule has 1 N–H and O–H groups in total. The summed E-state index contributed by atoms with van der Waals surface area (Å²) in [5, 5.41) is 2.80. The van der Waals surface area contributed by atoms with Gasteiger partial charge >= 0.3 is 5.76 Å². The van der Waals surface area contributed by atoms with Crippen molar-refractivity contribution in [2.24, 2.45) is 0 Å². The Labute approximate surface area is 197 Å². The molecular formula is C26H27N3O5. The first kappa shape index (κ1) is 23.1. The number of nitrogens with one attached hydrogen (secondary N) is 1. The van der Waals surface area contributed by atoms with Gasteiger partial charge in [-0.1, -0.05) is 17.7 Å². The molecule has 1 amide bonds. The third-order valence-electron chi connectivity index (χ3n) is 5.17. The number of hydrogen-bond donors (Lipinski definition) is 1. The van der Waals surface area contributed by atoms with Crippen molar-refractivity contribution >= 4 is 22.7 Å². The number of nitrogens with zero attached hydrogens (tertiary/aromatic N) is 2. The fraction of sp³-hybridized carbons (Fsp3) is 0.231. The van der Waals surface area contributed by atoms with Gasteiger partial charge in [-0.15, -0.1) is 0 Å². The molecule has 4 aromatic rings. The Morgan fingerprint density at radius 3 is 2.29 bits per heavy atom. The molecule has 0 bridgehead atoms. The lowest BCUT2D eigenvalue weighted by Crippen LogP contribution is -2.23. The van der Waals surface area contributed by atoms with Crippen LogP contribution in [-0.4, -0.2) is 42.6 Å². The van der Waals surface area contributed by atoms with Crippen LogP contribution < -0.4 is 20.5 Å². The van der Waals surface area contributed by atoms with Gasteiger partial charge in [0.25, 0.3) is 5.91 Å². The summed E-state index contributed by atoms with van der Waals surface area (Å²) in [4.78, 5) is 26.5. The largest absolute Gasteiger partial charge is 0.484 e. The molecule has 0 saturated heterocycles. The molecule has 0 atom stereocenters. The Hall–Kier alpha value is -4.04. The van der Waals surface area contributed by atoms with Crippen LogP contribution in [0.5, 0.6) is 17.2 Å². The van der Waals surface area contributed by atoms with Crippen LogP contribution in [0.4, 0.5) is 5.69 Å². The first-order valence-electron chi connectivity index (χ1n) is 10.9. The van der Waals surface area contributed by atoms with Gasteiger partial charge < -0.3 is 24.1 Å². The summed E-state index contributed by atoms with van der Waals surface area (Å²) >= 11 is 0. The highest BCUT2D eigenvalue weighted by Gasteiger charge is 2.12. The van der Waals surface area contributed by atoms with Crippen LogP contribution in [0.25, 0.3) is 11.1 Å². The molecule has 1 aromatic heterocycles. The second-order valence-electron chi connectivity index (χ2n) is 8.23. The molecule has 0 saturated carbocycles. The molecule has 176 valence electrons. The van der Waals surface area contributed by atoms with Gasteiger partial charge in [-0.25, -0.2) is 4.79 Å². The number of carbonyl (C=O) groups is 1. The lowest BCUT2D eigenvalue weighted by atomic mass is 10.2. The molecular weight excluding hydrogens is 434 g/mol. The Morgan fingerprint density at radius 2 is 1.62 bits per heavy atom. The van der Waals surface area contributed by atoms with Crippen LogP contribution in [0.1, 0.15) is 5.56 Å². The van der Waals surface area contributed by atoms with Gasteiger partial charge in [-0.3, -0.25) is 9.36 Å². The van der Waals surface area contributed by atoms with Crippen LogP contribution in [0.3, 0.4) is 0 Å². The monoisotopic (exact) mass is 461 g/mol. The predicted molar refractivity (Wildman–Crippen MR) is 131 cm³/mol. The average Bonchev–Trinajstić information content (AvgIpc) is 3.13. The van der Waals surface area contributed by atoms with Gasteiger partial charge in [0.05, 0.1) is 5.52 Å². The molecule has 0 aliphatic carbocycles. The topological polar surface area (TPSA) is 85.9 Å². The minimum Gasteiger partial charge on any atom is -0.484 e. The summed E-state index contributed by atoms with van der Waals surface area (Å²) in [6.45, 7) is 3.04. The fourth-order valence-electron chi connectivity index (χ4n) is 3.34. The third kappa shape index (κ3) is 5.85. The molecule has 0 aliphatic heterocycles. The highest BCUT2D eigenvalue weighted by atomic mass is 16.5. The number of oxazole rings is 1. The average molecular weight is 462 g/mol. The molecule has 34 heavy (non-hydrogen) atoms. The predicted octanol–water partition coefficient (Wildman–Crippen LogP) is 4.27. The van der Waals surface area contributed by atoms with Crippen LogP contribution in [0, 0.1) is 6.92 Å². The van der Waals surface area contributed by atoms with Crippen LogP contribution in [0.15, 0.2) is 75.9 Å². The van der Waals surface area contributed by atoms with Gasteiger partial charge in [0, 0.05) is 18.8 Å². The minimum absolute atomic E-state index is 0.158. The second kappa shape index (κ2) is 10.3. The van der Waals surface area contributed by atoms with E-state index in [-0.39, 0.29) is 12.5 Å². The molecule has 8 heteroatoms. The van der Waals surface area contributed by atoms with E-state index in [0.717, 1.165) is 11.3 Å². The smallest absolute Gasteiger partial charge is 0.419 e. The number of aromatic nitrogens is 1. The molecule has 3 aromatic carbocycles. The molecule has 0 spiro atoms. The molecule has 0 unspecified atom stereocenters. The van der Waals surface area contributed by atoms with E-state index in [1.807, 2.05) is 50.2 Å². The summed E-state index contributed by atoms with van der Waals surface area (Å²) in [6.07, 6.45) is 0. The van der Waals surface area contributed by atoms with Gasteiger partial charge in [0.2, 0.25) is 0 Å². The maximum atomic E-state index is 12.4. The standard InChI is InChI=1S/C26H27N3O5/c1-18-4-7-21(8-5-18)33-22-11-9-20(10-12-22)32-17-25(30)27-19-6-13-24-23(16-19)29(26(31)34-24)15-14-28(2)3/h4-13,16H,14-15,17H2,1-3H3,(H,27,30). The SMILES string of the molecule is Cc1ccc(Oc2ccc(OCC(=O)Nc3ccc4oc(=O)n(CCN(C)C)c4c3)cc2)cc1. The van der Waals surface area contributed by atoms with Gasteiger partial charge in [0.1, 0.15) is 17.2 Å². The van der Waals surface area contributed by atoms with Crippen molar-refractivity contribution in [3.63, 3.8) is 0 Å². The Morgan fingerprint density at radius 1 is 0.971 bits per heavy atom. The van der Waals surface area contributed by atoms with E-state index in [4.69, 9.17) is 13.9 Å². The summed E-state index contributed by atoms with van der Waals surface area (Å²) in [5.41, 5.74) is 2.83. The molecule has 0 fully saturated rings. The lowest BCUT2D eigenvalue weighted by Gasteiger charge is -2.10. The molecule has 0 aliphatic rings. The second-order valence-corrected chi connectivity index (χ2v) is 8.23. The number of fused-ring (bicyclic) bond motifs is 1. The number of aryl methyl sites for hydroxylation is 1. The van der Waals surface area contributed by atoms with Crippen LogP contribution in [-0.2, 0) is 11.3 Å². The maximum absolute atomic E-state index is 12.4. The third-order valence-corrected chi connectivity index (χ3v) is 5.17. The van der Waals surface area contributed by atoms with Crippen LogP contribution in [0.2, 0.25) is 0 Å². The number of rotatable bonds is 9. The zero-order valence-electron chi connectivity index (χ0n) is 19.4. The van der Waals surface area contributed by atoms with E-state index in [1.165, 1.54) is 0 Å². The van der Waals surface area contributed by atoms with Crippen molar-refractivity contribution in [3.05, 3.63) is 82.8 Å². The van der Waals surface area contributed by atoms with E-state index in [2.05, 4.69) is 5.32 Å². The van der Waals surface area contributed by atoms with Crippen molar-refractivity contribution in [1.29, 1.82) is 0 Å². The summed E-state index contributed by atoms with van der Waals surface area (Å²) in [6, 6.07) is 19.9. The van der Waals surface area contributed by atoms with E-state index in [0.29, 0.717) is 41.4 Å². The van der Waals surface area contributed by atoms with Crippen molar-refractivity contribution in [2.75, 3.05) is 32.6 Å². The number of ether oxygens (including phenoxy) is 2. The maximum Gasteiger partial charge on any atom is 0.419 e. The number of anilines is 1. The summed E-state index contributed by atoms with van der Waals surface area (Å²) < 4.78 is 18.2. The highest BCUT2D eigenvalue weighted by molar-refractivity contribution is 5.93. The van der Waals surface area contributed by atoms with Gasteiger partial charge in [-0.2, -0.15) is 0 Å². The number of carbonyl (C=O) groups excluding carboxylic acids is 1. The fourth-order valence-corrected chi connectivity index (χ4v) is 3.34. The Balaban J connectivity index is 1.34. The van der Waals surface area contributed by atoms with Crippen LogP contribution >= 0.6 is 0 Å². The Kier molecular flexibility index (Phi) is 6.98. The van der Waals surface area contributed by atoms with Gasteiger partial charge in [0.15, 0.2) is 12.2 Å². The lowest BCUT2D eigenvalue weighted by molar-refractivity contribution is -0.118. The highest BCUT2D eigenvalue weighted by Crippen LogP contribution is 2.24. The first-order valence-corrected chi connectivity index (χ1v) is 10.9. The van der Waals surface area contributed by atoms with Crippen molar-refractivity contribution in [1.82, 2.24) is 9.47 Å². The molecule has 4 rings (SSSR count). The summed E-state index contributed by atoms with van der Waals surface area (Å²) in [7, 11) is 3.87. The van der Waals surface area contributed by atoms with Crippen molar-refractivity contribution in [3.8, 4) is 17.2 Å². The zero-order chi connectivity index (χ0) is 24.1. The Bertz CT molecular complexity index is 1320. The van der Waals surface area contributed by atoms with Crippen molar-refractivity contribution < 1.29 is 18.7 Å². The minimum atomic E-state index is -0.418. The van der Waals surface area contributed by atoms with E-state index in [9.17, 15) is 9.59 Å². The first-order chi connectivity index (χ1) is 16.4. The molecule has 8 nitrogen and oxygen atoms in total. The number of likely N-dealkylation sites (N-methyl/N-ethyl adjacent to an activating group) is 1. The van der Waals surface area contributed by atoms with Gasteiger partial charge in [-0.05, 0) is 75.6 Å². The normalized spacial score (nSPS) is 11.1. The zero-order valence-corrected chi connectivity index (χ0v) is 19.4. The van der Waals surface area contributed by atoms with E-state index in [1.54, 1.807) is 47.0 Å².